The third kappa shape index (κ3) is 4.59. The van der Waals surface area contributed by atoms with Crippen LogP contribution in [0.3, 0.4) is 0 Å². The first-order valence-electron chi connectivity index (χ1n) is 3.49. The van der Waals surface area contributed by atoms with E-state index in [0.717, 1.165) is 4.47 Å². The summed E-state index contributed by atoms with van der Waals surface area (Å²) in [4.78, 5) is 7.75. The summed E-state index contributed by atoms with van der Waals surface area (Å²) < 4.78 is 22.0. The van der Waals surface area contributed by atoms with Gasteiger partial charge < -0.3 is 0 Å². The first-order valence-corrected chi connectivity index (χ1v) is 7.75. The van der Waals surface area contributed by atoms with E-state index in [9.17, 15) is 8.42 Å². The van der Waals surface area contributed by atoms with Gasteiger partial charge >= 0.3 is 0 Å². The maximum atomic E-state index is 10.6. The second-order valence-corrected chi connectivity index (χ2v) is 7.10. The number of thioether (sulfide) groups is 1. The van der Waals surface area contributed by atoms with Crippen molar-refractivity contribution in [3.8, 4) is 0 Å². The Morgan fingerprint density at radius 2 is 2.29 bits per heavy atom. The van der Waals surface area contributed by atoms with Gasteiger partial charge in [-0.05, 0) is 15.9 Å². The second kappa shape index (κ2) is 5.29. The average Bonchev–Trinajstić information content (AvgIpc) is 2.06. The fraction of sp³-hybridized carbons (Fsp3) is 0.333. The lowest BCUT2D eigenvalue weighted by molar-refractivity contribution is 0.611. The van der Waals surface area contributed by atoms with Crippen molar-refractivity contribution in [3.05, 3.63) is 17.0 Å². The van der Waals surface area contributed by atoms with Crippen LogP contribution in [0.25, 0.3) is 0 Å². The normalized spacial score (nSPS) is 11.6. The maximum absolute atomic E-state index is 10.6. The molecule has 0 amide bonds. The van der Waals surface area contributed by atoms with Gasteiger partial charge in [-0.25, -0.2) is 18.4 Å². The molecule has 0 unspecified atom stereocenters. The summed E-state index contributed by atoms with van der Waals surface area (Å²) in [5, 5.41) is 0.709. The minimum absolute atomic E-state index is 0.0737. The van der Waals surface area contributed by atoms with Gasteiger partial charge in [0.1, 0.15) is 11.4 Å². The number of halogens is 2. The summed E-state index contributed by atoms with van der Waals surface area (Å²) in [5.74, 6) is 0.303. The lowest BCUT2D eigenvalue weighted by Crippen LogP contribution is -2.00. The molecule has 1 aromatic rings. The zero-order valence-corrected chi connectivity index (χ0v) is 10.8. The minimum atomic E-state index is -3.41. The average molecular weight is 318 g/mol. The molecule has 0 aliphatic rings. The standard InChI is InChI=1S/C6H6BrClN2O2S2/c7-5-3-9-4-10-6(5)13-1-2-14(8,11)12/h3-4H,1-2H2. The molecule has 0 aliphatic carbocycles. The van der Waals surface area contributed by atoms with Crippen molar-refractivity contribution in [1.29, 1.82) is 0 Å². The molecule has 1 aromatic heterocycles. The van der Waals surface area contributed by atoms with Crippen LogP contribution in [-0.4, -0.2) is 29.9 Å². The van der Waals surface area contributed by atoms with Crippen LogP contribution in [0.4, 0.5) is 0 Å². The van der Waals surface area contributed by atoms with E-state index in [-0.39, 0.29) is 5.75 Å². The number of nitrogens with zero attached hydrogens (tertiary/aromatic N) is 2. The second-order valence-electron chi connectivity index (χ2n) is 2.27. The molecule has 0 radical (unpaired) electrons. The molecule has 0 aromatic carbocycles. The van der Waals surface area contributed by atoms with Gasteiger partial charge in [-0.1, -0.05) is 0 Å². The van der Waals surface area contributed by atoms with Gasteiger partial charge in [0.15, 0.2) is 0 Å². The van der Waals surface area contributed by atoms with Crippen molar-refractivity contribution < 1.29 is 8.42 Å². The van der Waals surface area contributed by atoms with Crippen molar-refractivity contribution in [3.63, 3.8) is 0 Å². The summed E-state index contributed by atoms with van der Waals surface area (Å²) in [6, 6.07) is 0. The molecule has 0 spiro atoms. The van der Waals surface area contributed by atoms with E-state index >= 15 is 0 Å². The molecule has 4 nitrogen and oxygen atoms in total. The Morgan fingerprint density at radius 3 is 2.86 bits per heavy atom. The van der Waals surface area contributed by atoms with E-state index in [1.54, 1.807) is 6.20 Å². The molecule has 0 N–H and O–H groups in total. The van der Waals surface area contributed by atoms with Crippen LogP contribution in [-0.2, 0) is 9.05 Å². The van der Waals surface area contributed by atoms with Crippen LogP contribution in [0.2, 0.25) is 0 Å². The fourth-order valence-corrected chi connectivity index (χ4v) is 3.41. The predicted octanol–water partition coefficient (Wildman–Crippen LogP) is 1.90. The Balaban J connectivity index is 2.51. The molecular formula is C6H6BrClN2O2S2. The highest BCUT2D eigenvalue weighted by molar-refractivity contribution is 9.10. The lowest BCUT2D eigenvalue weighted by atomic mass is 10.7. The quantitative estimate of drug-likeness (QED) is 0.482. The number of hydrogen-bond acceptors (Lipinski definition) is 5. The summed E-state index contributed by atoms with van der Waals surface area (Å²) in [6.45, 7) is 0. The van der Waals surface area contributed by atoms with Gasteiger partial charge in [0.25, 0.3) is 0 Å². The van der Waals surface area contributed by atoms with Gasteiger partial charge in [0.2, 0.25) is 9.05 Å². The largest absolute Gasteiger partial charge is 0.244 e. The molecule has 0 fully saturated rings. The van der Waals surface area contributed by atoms with Gasteiger partial charge in [0.05, 0.1) is 10.2 Å². The van der Waals surface area contributed by atoms with Crippen LogP contribution in [0.5, 0.6) is 0 Å². The number of aromatic nitrogens is 2. The van der Waals surface area contributed by atoms with Crippen LogP contribution in [0.15, 0.2) is 22.0 Å². The van der Waals surface area contributed by atoms with Crippen molar-refractivity contribution >= 4 is 47.4 Å². The van der Waals surface area contributed by atoms with E-state index < -0.39 is 9.05 Å². The molecule has 0 bridgehead atoms. The molecule has 1 rings (SSSR count). The zero-order valence-electron chi connectivity index (χ0n) is 6.85. The van der Waals surface area contributed by atoms with Crippen molar-refractivity contribution in [2.45, 2.75) is 5.03 Å². The Bertz CT molecular complexity index is 412. The number of hydrogen-bond donors (Lipinski definition) is 0. The highest BCUT2D eigenvalue weighted by Crippen LogP contribution is 2.23. The highest BCUT2D eigenvalue weighted by Gasteiger charge is 2.07. The van der Waals surface area contributed by atoms with Gasteiger partial charge in [-0.2, -0.15) is 0 Å². The van der Waals surface area contributed by atoms with Crippen LogP contribution >= 0.6 is 38.4 Å². The summed E-state index contributed by atoms with van der Waals surface area (Å²) in [5.41, 5.74) is 0. The summed E-state index contributed by atoms with van der Waals surface area (Å²) in [6.07, 6.45) is 3.01. The monoisotopic (exact) mass is 316 g/mol. The molecule has 8 heteroatoms. The molecular weight excluding hydrogens is 312 g/mol. The summed E-state index contributed by atoms with van der Waals surface area (Å²) in [7, 11) is 1.64. The van der Waals surface area contributed by atoms with Crippen LogP contribution in [0, 0.1) is 0 Å². The Kier molecular flexibility index (Phi) is 4.62. The van der Waals surface area contributed by atoms with E-state index in [2.05, 4.69) is 25.9 Å². The smallest absolute Gasteiger partial charge is 0.233 e. The lowest BCUT2D eigenvalue weighted by Gasteiger charge is -2.00. The molecule has 0 saturated carbocycles. The first-order chi connectivity index (χ1) is 6.49. The van der Waals surface area contributed by atoms with Gasteiger partial charge in [-0.3, -0.25) is 0 Å². The topological polar surface area (TPSA) is 59.9 Å². The summed E-state index contributed by atoms with van der Waals surface area (Å²) >= 11 is 4.56. The highest BCUT2D eigenvalue weighted by atomic mass is 79.9. The SMILES string of the molecule is O=S(=O)(Cl)CCSc1ncncc1Br. The third-order valence-corrected chi connectivity index (χ3v) is 4.46. The van der Waals surface area contributed by atoms with Crippen molar-refractivity contribution in [2.24, 2.45) is 0 Å². The Labute approximate surface area is 99.0 Å². The fourth-order valence-electron chi connectivity index (χ4n) is 0.646. The van der Waals surface area contributed by atoms with Crippen LogP contribution < -0.4 is 0 Å². The number of rotatable bonds is 4. The maximum Gasteiger partial charge on any atom is 0.233 e. The molecule has 0 aliphatic heterocycles. The molecule has 1 heterocycles. The van der Waals surface area contributed by atoms with Crippen molar-refractivity contribution in [2.75, 3.05) is 11.5 Å². The van der Waals surface area contributed by atoms with Crippen LogP contribution in [0.1, 0.15) is 0 Å². The third-order valence-electron chi connectivity index (χ3n) is 1.20. The first kappa shape index (κ1) is 12.2. The van der Waals surface area contributed by atoms with E-state index in [4.69, 9.17) is 10.7 Å². The molecule has 14 heavy (non-hydrogen) atoms. The van der Waals surface area contributed by atoms with Crippen molar-refractivity contribution in [1.82, 2.24) is 9.97 Å². The predicted molar refractivity (Wildman–Crippen MR) is 60.1 cm³/mol. The Morgan fingerprint density at radius 1 is 1.57 bits per heavy atom. The van der Waals surface area contributed by atoms with E-state index in [1.165, 1.54) is 18.1 Å². The minimum Gasteiger partial charge on any atom is -0.244 e. The molecule has 78 valence electrons. The molecule has 0 saturated heterocycles. The van der Waals surface area contributed by atoms with Gasteiger partial charge in [0, 0.05) is 22.6 Å². The van der Waals surface area contributed by atoms with E-state index in [0.29, 0.717) is 10.8 Å². The molecule has 0 atom stereocenters. The zero-order chi connectivity index (χ0) is 10.6. The van der Waals surface area contributed by atoms with E-state index in [1.807, 2.05) is 0 Å². The Hall–Kier alpha value is 0.150. The van der Waals surface area contributed by atoms with Gasteiger partial charge in [-0.15, -0.1) is 11.8 Å².